The van der Waals surface area contributed by atoms with E-state index in [1.54, 1.807) is 24.3 Å². The van der Waals surface area contributed by atoms with Crippen molar-refractivity contribution in [1.82, 2.24) is 0 Å². The highest BCUT2D eigenvalue weighted by molar-refractivity contribution is 5.87. The van der Waals surface area contributed by atoms with E-state index in [4.69, 9.17) is 9.57 Å². The molecule has 0 radical (unpaired) electrons. The summed E-state index contributed by atoms with van der Waals surface area (Å²) in [6.07, 6.45) is 2.17. The van der Waals surface area contributed by atoms with E-state index in [9.17, 15) is 13.9 Å². The van der Waals surface area contributed by atoms with Gasteiger partial charge in [0.15, 0.2) is 0 Å². The van der Waals surface area contributed by atoms with Gasteiger partial charge in [0.1, 0.15) is 24.8 Å². The Labute approximate surface area is 181 Å². The lowest BCUT2D eigenvalue weighted by Gasteiger charge is -2.39. The second kappa shape index (κ2) is 9.45. The molecule has 2 bridgehead atoms. The first-order valence-electron chi connectivity index (χ1n) is 10.9. The number of aliphatic hydroxyl groups is 1. The maximum Gasteiger partial charge on any atom is 0.123 e. The largest absolute Gasteiger partial charge is 0.399 e. The first-order chi connectivity index (χ1) is 15.0. The summed E-state index contributed by atoms with van der Waals surface area (Å²) in [7, 11) is 1.53. The van der Waals surface area contributed by atoms with Gasteiger partial charge in [0.25, 0.3) is 0 Å². The van der Waals surface area contributed by atoms with Crippen molar-refractivity contribution in [1.29, 1.82) is 0 Å². The summed E-state index contributed by atoms with van der Waals surface area (Å²) in [6, 6.07) is 12.4. The van der Waals surface area contributed by atoms with E-state index < -0.39 is 6.10 Å². The third-order valence-electron chi connectivity index (χ3n) is 6.71. The number of nitrogens with zero attached hydrogens (tertiary/aromatic N) is 1. The van der Waals surface area contributed by atoms with Crippen LogP contribution in [-0.4, -0.2) is 30.1 Å². The van der Waals surface area contributed by atoms with E-state index in [-0.39, 0.29) is 35.7 Å². The summed E-state index contributed by atoms with van der Waals surface area (Å²) in [6.45, 7) is 2.03. The van der Waals surface area contributed by atoms with Crippen molar-refractivity contribution in [2.75, 3.05) is 7.11 Å². The Bertz CT molecular complexity index is 854. The predicted octanol–water partition coefficient (Wildman–Crippen LogP) is 5.26. The minimum Gasteiger partial charge on any atom is -0.399 e. The lowest BCUT2D eigenvalue weighted by atomic mass is 9.74. The maximum absolute atomic E-state index is 13.6. The molecular formula is C25H29F2NO3. The molecule has 6 heteroatoms. The highest BCUT2D eigenvalue weighted by Gasteiger charge is 2.49. The average Bonchev–Trinajstić information content (AvgIpc) is 3.06. The van der Waals surface area contributed by atoms with Crippen LogP contribution in [0.15, 0.2) is 53.7 Å². The normalized spacial score (nSPS) is 28.2. The van der Waals surface area contributed by atoms with E-state index in [0.717, 1.165) is 36.1 Å². The van der Waals surface area contributed by atoms with Gasteiger partial charge in [0, 0.05) is 5.92 Å². The van der Waals surface area contributed by atoms with Crippen molar-refractivity contribution < 1.29 is 23.5 Å². The van der Waals surface area contributed by atoms with Gasteiger partial charge in [0.05, 0.1) is 17.9 Å². The van der Waals surface area contributed by atoms with E-state index >= 15 is 0 Å². The number of benzene rings is 2. The van der Waals surface area contributed by atoms with Gasteiger partial charge in [-0.05, 0) is 72.9 Å². The summed E-state index contributed by atoms with van der Waals surface area (Å²) in [5, 5.41) is 15.0. The minimum atomic E-state index is -0.482. The van der Waals surface area contributed by atoms with Crippen LogP contribution >= 0.6 is 0 Å². The fraction of sp³-hybridized carbons (Fsp3) is 0.480. The molecular weight excluding hydrogens is 400 g/mol. The van der Waals surface area contributed by atoms with Gasteiger partial charge in [-0.1, -0.05) is 36.3 Å². The molecule has 0 saturated heterocycles. The smallest absolute Gasteiger partial charge is 0.123 e. The molecule has 2 unspecified atom stereocenters. The number of oxime groups is 1. The standard InChI is InChI=1S/C25H29F2NO3/c1-3-21(28-30-2)24-20-12-15(13-22(20)29)14-23(24)31-25(16-4-8-18(26)9-5-16)17-6-10-19(27)11-7-17/h4-11,15,20,22-25,29H,3,12-14H2,1-2H3/t15?,20-,22?,23+,24-/m0/s1. The highest BCUT2D eigenvalue weighted by atomic mass is 19.1. The number of aliphatic hydroxyl groups excluding tert-OH is 1. The van der Waals surface area contributed by atoms with Crippen molar-refractivity contribution in [3.8, 4) is 0 Å². The summed E-state index contributed by atoms with van der Waals surface area (Å²) in [4.78, 5) is 5.11. The first-order valence-corrected chi connectivity index (χ1v) is 10.9. The van der Waals surface area contributed by atoms with Crippen molar-refractivity contribution in [3.05, 3.63) is 71.3 Å². The second-order valence-electron chi connectivity index (χ2n) is 8.61. The molecule has 0 spiro atoms. The zero-order valence-corrected chi connectivity index (χ0v) is 17.9. The Morgan fingerprint density at radius 2 is 1.58 bits per heavy atom. The van der Waals surface area contributed by atoms with Crippen LogP contribution in [-0.2, 0) is 9.57 Å². The fourth-order valence-corrected chi connectivity index (χ4v) is 5.36. The quantitative estimate of drug-likeness (QED) is 0.483. The zero-order chi connectivity index (χ0) is 22.0. The molecule has 2 fully saturated rings. The van der Waals surface area contributed by atoms with Gasteiger partial charge in [0.2, 0.25) is 0 Å². The van der Waals surface area contributed by atoms with Crippen LogP contribution in [0.1, 0.15) is 49.8 Å². The average molecular weight is 430 g/mol. The van der Waals surface area contributed by atoms with Crippen LogP contribution in [0.2, 0.25) is 0 Å². The SMILES string of the molecule is CCC(=NOC)[C@H]1[C@H](OC(c2ccc(F)cc2)c2ccc(F)cc2)CC2CC(O)[C@@H]1C2. The summed E-state index contributed by atoms with van der Waals surface area (Å²) in [5.41, 5.74) is 2.48. The van der Waals surface area contributed by atoms with Gasteiger partial charge in [-0.25, -0.2) is 8.78 Å². The molecule has 166 valence electrons. The number of rotatable bonds is 7. The van der Waals surface area contributed by atoms with Crippen molar-refractivity contribution in [2.45, 2.75) is 50.9 Å². The summed E-state index contributed by atoms with van der Waals surface area (Å²) >= 11 is 0. The van der Waals surface area contributed by atoms with Crippen LogP contribution in [0.3, 0.4) is 0 Å². The van der Waals surface area contributed by atoms with Crippen molar-refractivity contribution in [2.24, 2.45) is 22.9 Å². The van der Waals surface area contributed by atoms with Crippen molar-refractivity contribution >= 4 is 5.71 Å². The lowest BCUT2D eigenvalue weighted by molar-refractivity contribution is -0.0539. The fourth-order valence-electron chi connectivity index (χ4n) is 5.36. The molecule has 2 aliphatic carbocycles. The molecule has 2 aliphatic rings. The molecule has 2 saturated carbocycles. The molecule has 4 nitrogen and oxygen atoms in total. The topological polar surface area (TPSA) is 51.0 Å². The molecule has 2 aromatic carbocycles. The van der Waals surface area contributed by atoms with Gasteiger partial charge in [-0.3, -0.25) is 0 Å². The van der Waals surface area contributed by atoms with Crippen LogP contribution in [0.25, 0.3) is 0 Å². The number of fused-ring (bicyclic) bond motifs is 2. The molecule has 0 heterocycles. The molecule has 5 atom stereocenters. The van der Waals surface area contributed by atoms with Gasteiger partial charge in [-0.15, -0.1) is 0 Å². The molecule has 1 N–H and O–H groups in total. The Hall–Kier alpha value is -2.31. The van der Waals surface area contributed by atoms with Crippen LogP contribution < -0.4 is 0 Å². The lowest BCUT2D eigenvalue weighted by Crippen LogP contribution is -2.42. The third-order valence-corrected chi connectivity index (χ3v) is 6.71. The molecule has 0 amide bonds. The minimum absolute atomic E-state index is 0.0675. The highest BCUT2D eigenvalue weighted by Crippen LogP contribution is 2.49. The van der Waals surface area contributed by atoms with E-state index in [0.29, 0.717) is 12.3 Å². The number of ether oxygens (including phenoxy) is 1. The van der Waals surface area contributed by atoms with E-state index in [1.807, 2.05) is 6.92 Å². The number of hydrogen-bond donors (Lipinski definition) is 1. The maximum atomic E-state index is 13.6. The van der Waals surface area contributed by atoms with E-state index in [2.05, 4.69) is 5.16 Å². The van der Waals surface area contributed by atoms with Gasteiger partial charge < -0.3 is 14.7 Å². The van der Waals surface area contributed by atoms with Crippen LogP contribution in [0.4, 0.5) is 8.78 Å². The number of hydrogen-bond acceptors (Lipinski definition) is 4. The van der Waals surface area contributed by atoms with Crippen LogP contribution in [0.5, 0.6) is 0 Å². The second-order valence-corrected chi connectivity index (χ2v) is 8.61. The summed E-state index contributed by atoms with van der Waals surface area (Å²) in [5.74, 6) is -0.247. The number of halogens is 2. The predicted molar refractivity (Wildman–Crippen MR) is 115 cm³/mol. The third kappa shape index (κ3) is 4.65. The van der Waals surface area contributed by atoms with Crippen LogP contribution in [0, 0.1) is 29.4 Å². The molecule has 2 aromatic rings. The van der Waals surface area contributed by atoms with Gasteiger partial charge >= 0.3 is 0 Å². The molecule has 0 aliphatic heterocycles. The zero-order valence-electron chi connectivity index (χ0n) is 17.9. The van der Waals surface area contributed by atoms with Crippen molar-refractivity contribution in [3.63, 3.8) is 0 Å². The Morgan fingerprint density at radius 1 is 1.00 bits per heavy atom. The monoisotopic (exact) mass is 429 g/mol. The Balaban J connectivity index is 1.70. The Kier molecular flexibility index (Phi) is 6.68. The van der Waals surface area contributed by atoms with E-state index in [1.165, 1.54) is 31.4 Å². The van der Waals surface area contributed by atoms with Gasteiger partial charge in [-0.2, -0.15) is 0 Å². The summed E-state index contributed by atoms with van der Waals surface area (Å²) < 4.78 is 33.9. The molecule has 4 rings (SSSR count). The first kappa shape index (κ1) is 21.9. The molecule has 31 heavy (non-hydrogen) atoms. The Morgan fingerprint density at radius 3 is 2.10 bits per heavy atom. The molecule has 0 aromatic heterocycles.